The summed E-state index contributed by atoms with van der Waals surface area (Å²) in [5.74, 6) is -2.78. The minimum atomic E-state index is -5.08. The van der Waals surface area contributed by atoms with E-state index >= 15 is 0 Å². The van der Waals surface area contributed by atoms with E-state index in [1.54, 1.807) is 12.4 Å². The number of rotatable bonds is 2. The molecule has 33 heavy (non-hydrogen) atoms. The van der Waals surface area contributed by atoms with Gasteiger partial charge in [-0.1, -0.05) is 0 Å². The largest absolute Gasteiger partial charge is 0.490 e. The normalized spacial score (nSPS) is 13.0. The van der Waals surface area contributed by atoms with Crippen LogP contribution >= 0.6 is 0 Å². The summed E-state index contributed by atoms with van der Waals surface area (Å²) in [5, 5.41) is 11.0. The topological polar surface area (TPSA) is 121 Å². The second-order valence-electron chi connectivity index (χ2n) is 7.06. The molecule has 1 aliphatic rings. The molecule has 0 fully saturated rings. The number of aromatic nitrogens is 4. The van der Waals surface area contributed by atoms with E-state index in [9.17, 15) is 18.0 Å². The van der Waals surface area contributed by atoms with Crippen molar-refractivity contribution in [3.05, 3.63) is 66.1 Å². The number of carboxylic acid groups (broad SMARTS) is 1. The van der Waals surface area contributed by atoms with Crippen LogP contribution in [-0.4, -0.2) is 49.6 Å². The summed E-state index contributed by atoms with van der Waals surface area (Å²) < 4.78 is 31.7. The summed E-state index contributed by atoms with van der Waals surface area (Å²) >= 11 is 0. The molecule has 5 heterocycles. The lowest BCUT2D eigenvalue weighted by Gasteiger charge is -2.10. The van der Waals surface area contributed by atoms with Crippen molar-refractivity contribution >= 4 is 22.9 Å². The first-order valence-corrected chi connectivity index (χ1v) is 9.71. The van der Waals surface area contributed by atoms with E-state index in [1.807, 2.05) is 42.5 Å². The van der Waals surface area contributed by atoms with E-state index < -0.39 is 12.1 Å². The third-order valence-corrected chi connectivity index (χ3v) is 4.84. The maximum Gasteiger partial charge on any atom is 0.490 e. The molecule has 4 aromatic heterocycles. The number of carboxylic acids is 1. The van der Waals surface area contributed by atoms with E-state index in [1.165, 1.54) is 0 Å². The fourth-order valence-electron chi connectivity index (χ4n) is 3.28. The smallest absolute Gasteiger partial charge is 0.475 e. The molecule has 0 saturated carbocycles. The maximum atomic E-state index is 12.0. The van der Waals surface area contributed by atoms with Crippen LogP contribution in [0.1, 0.15) is 16.1 Å². The van der Waals surface area contributed by atoms with Gasteiger partial charge in [-0.3, -0.25) is 9.78 Å². The highest BCUT2D eigenvalue weighted by Crippen LogP contribution is 2.27. The predicted octanol–water partition coefficient (Wildman–Crippen LogP) is 3.61. The van der Waals surface area contributed by atoms with Gasteiger partial charge in [0, 0.05) is 47.7 Å². The number of carbonyl (C=O) groups is 2. The minimum absolute atomic E-state index is 0.0229. The molecule has 3 N–H and O–H groups in total. The Labute approximate surface area is 184 Å². The van der Waals surface area contributed by atoms with Gasteiger partial charge in [-0.15, -0.1) is 0 Å². The number of hydrogen-bond acceptors (Lipinski definition) is 5. The molecule has 0 unspecified atom stereocenters. The van der Waals surface area contributed by atoms with Crippen LogP contribution < -0.4 is 5.32 Å². The van der Waals surface area contributed by atoms with Gasteiger partial charge >= 0.3 is 12.1 Å². The standard InChI is InChI=1S/C20H15N5O.C2HF3O2/c26-20-14-11-17(24-15(14)6-9-23-20)13-5-8-21-18(10-13)16-4-3-12-2-1-7-22-19(12)25-16;3-2(4,5)1(6)7/h1-5,7-8,10-11,24H,6,9H2,(H,23,26);(H,6,7). The highest BCUT2D eigenvalue weighted by Gasteiger charge is 2.38. The monoisotopic (exact) mass is 455 g/mol. The molecule has 0 spiro atoms. The van der Waals surface area contributed by atoms with E-state index in [0.717, 1.165) is 45.7 Å². The number of nitrogens with zero attached hydrogens (tertiary/aromatic N) is 3. The van der Waals surface area contributed by atoms with Crippen molar-refractivity contribution in [3.63, 3.8) is 0 Å². The molecule has 1 aliphatic heterocycles. The summed E-state index contributed by atoms with van der Waals surface area (Å²) in [4.78, 5) is 37.6. The average Bonchev–Trinajstić information content (AvgIpc) is 3.25. The lowest BCUT2D eigenvalue weighted by molar-refractivity contribution is -0.192. The highest BCUT2D eigenvalue weighted by molar-refractivity contribution is 5.97. The van der Waals surface area contributed by atoms with Crippen molar-refractivity contribution in [2.24, 2.45) is 0 Å². The van der Waals surface area contributed by atoms with Crippen LogP contribution in [-0.2, 0) is 11.2 Å². The fourth-order valence-corrected chi connectivity index (χ4v) is 3.28. The Morgan fingerprint density at radius 2 is 1.82 bits per heavy atom. The van der Waals surface area contributed by atoms with Crippen molar-refractivity contribution in [1.82, 2.24) is 25.3 Å². The zero-order valence-corrected chi connectivity index (χ0v) is 16.8. The molecule has 0 radical (unpaired) electrons. The van der Waals surface area contributed by atoms with Gasteiger partial charge < -0.3 is 15.4 Å². The fraction of sp³-hybridized carbons (Fsp3) is 0.136. The molecule has 8 nitrogen and oxygen atoms in total. The van der Waals surface area contributed by atoms with E-state index in [4.69, 9.17) is 9.90 Å². The maximum absolute atomic E-state index is 12.0. The van der Waals surface area contributed by atoms with Gasteiger partial charge in [0.05, 0.1) is 17.0 Å². The first-order chi connectivity index (χ1) is 15.7. The summed E-state index contributed by atoms with van der Waals surface area (Å²) in [6.07, 6.45) is -0.775. The molecule has 4 aromatic rings. The number of carbonyl (C=O) groups excluding carboxylic acids is 1. The number of hydrogen-bond donors (Lipinski definition) is 3. The van der Waals surface area contributed by atoms with Crippen molar-refractivity contribution in [2.45, 2.75) is 12.6 Å². The van der Waals surface area contributed by atoms with Gasteiger partial charge in [-0.25, -0.2) is 14.8 Å². The molecule has 1 amide bonds. The van der Waals surface area contributed by atoms with Gasteiger partial charge in [0.15, 0.2) is 5.65 Å². The zero-order chi connectivity index (χ0) is 23.6. The lowest BCUT2D eigenvalue weighted by atomic mass is 10.1. The molecule has 5 rings (SSSR count). The lowest BCUT2D eigenvalue weighted by Crippen LogP contribution is -2.31. The average molecular weight is 455 g/mol. The first-order valence-electron chi connectivity index (χ1n) is 9.71. The highest BCUT2D eigenvalue weighted by atomic mass is 19.4. The number of amides is 1. The number of H-pyrrole nitrogens is 1. The van der Waals surface area contributed by atoms with Crippen molar-refractivity contribution in [1.29, 1.82) is 0 Å². The van der Waals surface area contributed by atoms with Crippen LogP contribution in [0.3, 0.4) is 0 Å². The number of aliphatic carboxylic acids is 1. The van der Waals surface area contributed by atoms with Crippen LogP contribution in [0.2, 0.25) is 0 Å². The Hall–Kier alpha value is -4.28. The minimum Gasteiger partial charge on any atom is -0.475 e. The van der Waals surface area contributed by atoms with Crippen LogP contribution in [0.25, 0.3) is 33.7 Å². The molecule has 0 aromatic carbocycles. The second kappa shape index (κ2) is 8.69. The van der Waals surface area contributed by atoms with Crippen LogP contribution in [0.15, 0.2) is 54.9 Å². The molecular formula is C22H16F3N5O3. The van der Waals surface area contributed by atoms with Gasteiger partial charge in [-0.2, -0.15) is 13.2 Å². The summed E-state index contributed by atoms with van der Waals surface area (Å²) in [7, 11) is 0. The number of alkyl halides is 3. The molecule has 168 valence electrons. The molecule has 11 heteroatoms. The van der Waals surface area contributed by atoms with Gasteiger partial charge in [-0.05, 0) is 42.5 Å². The zero-order valence-electron chi connectivity index (χ0n) is 16.8. The van der Waals surface area contributed by atoms with Gasteiger partial charge in [0.1, 0.15) is 0 Å². The Morgan fingerprint density at radius 3 is 2.55 bits per heavy atom. The quantitative estimate of drug-likeness (QED) is 0.425. The van der Waals surface area contributed by atoms with Crippen LogP contribution in [0, 0.1) is 0 Å². The molecule has 0 atom stereocenters. The predicted molar refractivity (Wildman–Crippen MR) is 112 cm³/mol. The third-order valence-electron chi connectivity index (χ3n) is 4.84. The summed E-state index contributed by atoms with van der Waals surface area (Å²) in [5.41, 5.74) is 5.82. The Morgan fingerprint density at radius 1 is 1.03 bits per heavy atom. The van der Waals surface area contributed by atoms with Crippen molar-refractivity contribution in [3.8, 4) is 22.6 Å². The summed E-state index contributed by atoms with van der Waals surface area (Å²) in [6, 6.07) is 13.6. The number of fused-ring (bicyclic) bond motifs is 2. The van der Waals surface area contributed by atoms with Crippen molar-refractivity contribution < 1.29 is 27.9 Å². The SMILES string of the molecule is O=C(O)C(F)(F)F.O=C1NCCc2[nH]c(-c3ccnc(-c4ccc5cccnc5n4)c3)cc21. The third kappa shape index (κ3) is 4.81. The van der Waals surface area contributed by atoms with E-state index in [-0.39, 0.29) is 5.91 Å². The number of pyridine rings is 3. The van der Waals surface area contributed by atoms with Crippen LogP contribution in [0.4, 0.5) is 13.2 Å². The number of halogens is 3. The molecule has 0 bridgehead atoms. The molecule has 0 aliphatic carbocycles. The van der Waals surface area contributed by atoms with Gasteiger partial charge in [0.2, 0.25) is 0 Å². The number of nitrogens with one attached hydrogen (secondary N) is 2. The second-order valence-corrected chi connectivity index (χ2v) is 7.06. The van der Waals surface area contributed by atoms with Gasteiger partial charge in [0.25, 0.3) is 5.91 Å². The Bertz CT molecular complexity index is 1350. The summed E-state index contributed by atoms with van der Waals surface area (Å²) in [6.45, 7) is 0.668. The first kappa shape index (κ1) is 21.9. The Kier molecular flexibility index (Phi) is 5.78. The van der Waals surface area contributed by atoms with Crippen LogP contribution in [0.5, 0.6) is 0 Å². The number of aromatic amines is 1. The van der Waals surface area contributed by atoms with E-state index in [0.29, 0.717) is 12.2 Å². The molecule has 0 saturated heterocycles. The van der Waals surface area contributed by atoms with Crippen molar-refractivity contribution in [2.75, 3.05) is 6.54 Å². The Balaban J connectivity index is 0.000000325. The molecular weight excluding hydrogens is 439 g/mol. The van der Waals surface area contributed by atoms with E-state index in [2.05, 4.69) is 25.3 Å².